The number of rotatable bonds is 8. The first kappa shape index (κ1) is 15.5. The van der Waals surface area contributed by atoms with Crippen molar-refractivity contribution in [2.24, 2.45) is 11.8 Å². The molecule has 0 spiro atoms. The topological polar surface area (TPSA) is 21.3 Å². The van der Waals surface area contributed by atoms with Crippen molar-refractivity contribution in [1.29, 1.82) is 0 Å². The van der Waals surface area contributed by atoms with Gasteiger partial charge in [-0.3, -0.25) is 0 Å². The Morgan fingerprint density at radius 2 is 1.75 bits per heavy atom. The standard InChI is InChI=1S/C18H29NO/c1-15(2)11-19-12-16-7-9-18(10-8-16)14-20-13-17-5-3-4-6-17/h7-10,15,17,19H,3-6,11-14H2,1-2H3. The highest BCUT2D eigenvalue weighted by Gasteiger charge is 2.14. The van der Waals surface area contributed by atoms with Crippen LogP contribution in [0.1, 0.15) is 50.7 Å². The van der Waals surface area contributed by atoms with E-state index in [2.05, 4.69) is 43.4 Å². The Bertz CT molecular complexity index is 366. The van der Waals surface area contributed by atoms with Crippen LogP contribution in [0.25, 0.3) is 0 Å². The fourth-order valence-electron chi connectivity index (χ4n) is 2.78. The highest BCUT2D eigenvalue weighted by molar-refractivity contribution is 5.21. The first-order valence-corrected chi connectivity index (χ1v) is 8.10. The molecule has 0 saturated heterocycles. The number of hydrogen-bond donors (Lipinski definition) is 1. The zero-order chi connectivity index (χ0) is 14.2. The first-order chi connectivity index (χ1) is 9.74. The van der Waals surface area contributed by atoms with Gasteiger partial charge in [-0.05, 0) is 42.3 Å². The molecule has 0 atom stereocenters. The van der Waals surface area contributed by atoms with E-state index >= 15 is 0 Å². The van der Waals surface area contributed by atoms with Crippen LogP contribution >= 0.6 is 0 Å². The quantitative estimate of drug-likeness (QED) is 0.770. The van der Waals surface area contributed by atoms with Crippen LogP contribution in [0.2, 0.25) is 0 Å². The molecule has 1 saturated carbocycles. The maximum absolute atomic E-state index is 5.84. The predicted molar refractivity (Wildman–Crippen MR) is 84.6 cm³/mol. The molecule has 112 valence electrons. The third-order valence-corrected chi connectivity index (χ3v) is 4.00. The van der Waals surface area contributed by atoms with Crippen LogP contribution in [-0.2, 0) is 17.9 Å². The molecule has 2 rings (SSSR count). The molecule has 1 fully saturated rings. The fourth-order valence-corrected chi connectivity index (χ4v) is 2.78. The van der Waals surface area contributed by atoms with Gasteiger partial charge in [-0.15, -0.1) is 0 Å². The SMILES string of the molecule is CC(C)CNCc1ccc(COCC2CCCC2)cc1. The highest BCUT2D eigenvalue weighted by Crippen LogP contribution is 2.24. The second-order valence-electron chi connectivity index (χ2n) is 6.51. The molecule has 0 radical (unpaired) electrons. The first-order valence-electron chi connectivity index (χ1n) is 8.10. The van der Waals surface area contributed by atoms with Crippen LogP contribution in [0, 0.1) is 11.8 Å². The van der Waals surface area contributed by atoms with Gasteiger partial charge in [0.05, 0.1) is 6.61 Å². The van der Waals surface area contributed by atoms with Gasteiger partial charge in [0.2, 0.25) is 0 Å². The van der Waals surface area contributed by atoms with Crippen molar-refractivity contribution in [2.75, 3.05) is 13.2 Å². The molecule has 2 nitrogen and oxygen atoms in total. The molecule has 1 aromatic rings. The van der Waals surface area contributed by atoms with E-state index in [1.54, 1.807) is 0 Å². The summed E-state index contributed by atoms with van der Waals surface area (Å²) in [6, 6.07) is 8.81. The Morgan fingerprint density at radius 1 is 1.10 bits per heavy atom. The number of hydrogen-bond acceptors (Lipinski definition) is 2. The van der Waals surface area contributed by atoms with E-state index in [0.717, 1.165) is 32.2 Å². The van der Waals surface area contributed by atoms with Crippen molar-refractivity contribution >= 4 is 0 Å². The summed E-state index contributed by atoms with van der Waals surface area (Å²) < 4.78 is 5.84. The summed E-state index contributed by atoms with van der Waals surface area (Å²) in [6.07, 6.45) is 5.51. The highest BCUT2D eigenvalue weighted by atomic mass is 16.5. The van der Waals surface area contributed by atoms with Gasteiger partial charge in [0.25, 0.3) is 0 Å². The summed E-state index contributed by atoms with van der Waals surface area (Å²) in [4.78, 5) is 0. The minimum absolute atomic E-state index is 0.707. The summed E-state index contributed by atoms with van der Waals surface area (Å²) >= 11 is 0. The van der Waals surface area contributed by atoms with E-state index < -0.39 is 0 Å². The summed E-state index contributed by atoms with van der Waals surface area (Å²) in [6.45, 7) is 8.21. The van der Waals surface area contributed by atoms with E-state index in [-0.39, 0.29) is 0 Å². The normalized spacial score (nSPS) is 16.1. The Labute approximate surface area is 123 Å². The van der Waals surface area contributed by atoms with E-state index in [1.807, 2.05) is 0 Å². The van der Waals surface area contributed by atoms with Crippen molar-refractivity contribution in [3.05, 3.63) is 35.4 Å². The van der Waals surface area contributed by atoms with Gasteiger partial charge >= 0.3 is 0 Å². The van der Waals surface area contributed by atoms with Crippen molar-refractivity contribution in [3.63, 3.8) is 0 Å². The Kier molecular flexibility index (Phi) is 6.55. The predicted octanol–water partition coefficient (Wildman–Crippen LogP) is 4.14. The molecule has 2 heteroatoms. The van der Waals surface area contributed by atoms with Gasteiger partial charge in [0.15, 0.2) is 0 Å². The van der Waals surface area contributed by atoms with E-state index in [9.17, 15) is 0 Å². The monoisotopic (exact) mass is 275 g/mol. The summed E-state index contributed by atoms with van der Waals surface area (Å²) in [5.74, 6) is 1.52. The van der Waals surface area contributed by atoms with Gasteiger partial charge < -0.3 is 10.1 Å². The van der Waals surface area contributed by atoms with Gasteiger partial charge in [-0.2, -0.15) is 0 Å². The average Bonchev–Trinajstić information content (AvgIpc) is 2.93. The second-order valence-corrected chi connectivity index (χ2v) is 6.51. The molecule has 1 aromatic carbocycles. The number of benzene rings is 1. The fraction of sp³-hybridized carbons (Fsp3) is 0.667. The van der Waals surface area contributed by atoms with E-state index in [4.69, 9.17) is 4.74 Å². The molecule has 0 aliphatic heterocycles. The largest absolute Gasteiger partial charge is 0.376 e. The molecule has 0 heterocycles. The minimum Gasteiger partial charge on any atom is -0.376 e. The zero-order valence-electron chi connectivity index (χ0n) is 13.0. The lowest BCUT2D eigenvalue weighted by Gasteiger charge is -2.11. The van der Waals surface area contributed by atoms with Crippen molar-refractivity contribution in [1.82, 2.24) is 5.32 Å². The van der Waals surface area contributed by atoms with E-state index in [1.165, 1.54) is 36.8 Å². The van der Waals surface area contributed by atoms with Crippen molar-refractivity contribution < 1.29 is 4.74 Å². The van der Waals surface area contributed by atoms with Gasteiger partial charge in [0.1, 0.15) is 0 Å². The Balaban J connectivity index is 1.65. The lowest BCUT2D eigenvalue weighted by molar-refractivity contribution is 0.0889. The van der Waals surface area contributed by atoms with Gasteiger partial charge in [-0.1, -0.05) is 51.0 Å². The molecule has 1 aliphatic carbocycles. The lowest BCUT2D eigenvalue weighted by Crippen LogP contribution is -2.18. The molecule has 0 aromatic heterocycles. The second kappa shape index (κ2) is 8.43. The van der Waals surface area contributed by atoms with Crippen LogP contribution in [0.15, 0.2) is 24.3 Å². The minimum atomic E-state index is 0.707. The molecule has 0 unspecified atom stereocenters. The van der Waals surface area contributed by atoms with Gasteiger partial charge in [-0.25, -0.2) is 0 Å². The zero-order valence-corrected chi connectivity index (χ0v) is 13.0. The van der Waals surface area contributed by atoms with Crippen LogP contribution < -0.4 is 5.32 Å². The average molecular weight is 275 g/mol. The molecule has 1 aliphatic rings. The third kappa shape index (κ3) is 5.64. The molecular formula is C18H29NO. The van der Waals surface area contributed by atoms with Crippen molar-refractivity contribution in [3.8, 4) is 0 Å². The maximum atomic E-state index is 5.84. The van der Waals surface area contributed by atoms with Crippen LogP contribution in [-0.4, -0.2) is 13.2 Å². The Morgan fingerprint density at radius 3 is 2.40 bits per heavy atom. The number of ether oxygens (including phenoxy) is 1. The van der Waals surface area contributed by atoms with Crippen molar-refractivity contribution in [2.45, 2.75) is 52.7 Å². The van der Waals surface area contributed by atoms with Crippen LogP contribution in [0.5, 0.6) is 0 Å². The lowest BCUT2D eigenvalue weighted by atomic mass is 10.1. The number of nitrogens with one attached hydrogen (secondary N) is 1. The van der Waals surface area contributed by atoms with Gasteiger partial charge in [0, 0.05) is 13.2 Å². The summed E-state index contributed by atoms with van der Waals surface area (Å²) in [5.41, 5.74) is 2.64. The molecule has 20 heavy (non-hydrogen) atoms. The Hall–Kier alpha value is -0.860. The van der Waals surface area contributed by atoms with Crippen LogP contribution in [0.4, 0.5) is 0 Å². The smallest absolute Gasteiger partial charge is 0.0717 e. The van der Waals surface area contributed by atoms with Crippen LogP contribution in [0.3, 0.4) is 0 Å². The summed E-state index contributed by atoms with van der Waals surface area (Å²) in [7, 11) is 0. The summed E-state index contributed by atoms with van der Waals surface area (Å²) in [5, 5.41) is 3.47. The molecule has 1 N–H and O–H groups in total. The molecule has 0 amide bonds. The maximum Gasteiger partial charge on any atom is 0.0717 e. The third-order valence-electron chi connectivity index (χ3n) is 4.00. The van der Waals surface area contributed by atoms with E-state index in [0.29, 0.717) is 5.92 Å². The molecule has 0 bridgehead atoms. The molecular weight excluding hydrogens is 246 g/mol.